The predicted molar refractivity (Wildman–Crippen MR) is 63.5 cm³/mol. The van der Waals surface area contributed by atoms with Crippen LogP contribution in [-0.2, 0) is 6.42 Å². The van der Waals surface area contributed by atoms with E-state index in [2.05, 4.69) is 46.5 Å². The maximum atomic E-state index is 3.54. The standard InChI is InChI=1S/C12H16BrN/c1-14-12-5-3-2-4-9-6-7-10(13)8-11(9)12/h6-8,12,14H,2-5H2,1H3. The fourth-order valence-electron chi connectivity index (χ4n) is 2.24. The Morgan fingerprint density at radius 2 is 2.21 bits per heavy atom. The molecule has 1 N–H and O–H groups in total. The zero-order valence-corrected chi connectivity index (χ0v) is 10.1. The normalized spacial score (nSPS) is 21.4. The molecule has 1 atom stereocenters. The minimum absolute atomic E-state index is 0.546. The van der Waals surface area contributed by atoms with Crippen LogP contribution in [0.4, 0.5) is 0 Å². The summed E-state index contributed by atoms with van der Waals surface area (Å²) < 4.78 is 1.19. The summed E-state index contributed by atoms with van der Waals surface area (Å²) in [6, 6.07) is 7.22. The summed E-state index contributed by atoms with van der Waals surface area (Å²) in [6.07, 6.45) is 5.16. The van der Waals surface area contributed by atoms with Gasteiger partial charge >= 0.3 is 0 Å². The monoisotopic (exact) mass is 253 g/mol. The molecule has 0 heterocycles. The molecule has 0 aliphatic heterocycles. The lowest BCUT2D eigenvalue weighted by molar-refractivity contribution is 0.533. The lowest BCUT2D eigenvalue weighted by atomic mass is 9.99. The Balaban J connectivity index is 2.40. The van der Waals surface area contributed by atoms with E-state index in [1.165, 1.54) is 41.3 Å². The molecule has 76 valence electrons. The van der Waals surface area contributed by atoms with Crippen LogP contribution in [0, 0.1) is 0 Å². The fourth-order valence-corrected chi connectivity index (χ4v) is 2.62. The Kier molecular flexibility index (Phi) is 3.24. The van der Waals surface area contributed by atoms with Gasteiger partial charge in [-0.05, 0) is 49.6 Å². The molecular weight excluding hydrogens is 238 g/mol. The molecule has 0 saturated carbocycles. The first-order valence-electron chi connectivity index (χ1n) is 5.27. The van der Waals surface area contributed by atoms with Gasteiger partial charge in [0.1, 0.15) is 0 Å². The smallest absolute Gasteiger partial charge is 0.0320 e. The highest BCUT2D eigenvalue weighted by Crippen LogP contribution is 2.30. The molecule has 0 bridgehead atoms. The molecule has 0 fully saturated rings. The quantitative estimate of drug-likeness (QED) is 0.757. The van der Waals surface area contributed by atoms with Gasteiger partial charge in [-0.2, -0.15) is 0 Å². The number of halogens is 1. The Bertz CT molecular complexity index is 322. The number of nitrogens with one attached hydrogen (secondary N) is 1. The van der Waals surface area contributed by atoms with Gasteiger partial charge in [-0.1, -0.05) is 28.4 Å². The first kappa shape index (κ1) is 10.2. The van der Waals surface area contributed by atoms with E-state index in [0.717, 1.165) is 0 Å². The van der Waals surface area contributed by atoms with E-state index in [4.69, 9.17) is 0 Å². The second-order valence-electron chi connectivity index (χ2n) is 3.93. The molecule has 2 rings (SSSR count). The van der Waals surface area contributed by atoms with Crippen molar-refractivity contribution in [2.24, 2.45) is 0 Å². The van der Waals surface area contributed by atoms with Crippen LogP contribution >= 0.6 is 15.9 Å². The van der Waals surface area contributed by atoms with Gasteiger partial charge in [-0.15, -0.1) is 0 Å². The number of aryl methyl sites for hydroxylation is 1. The molecule has 1 unspecified atom stereocenters. The molecule has 0 radical (unpaired) electrons. The third kappa shape index (κ3) is 2.01. The van der Waals surface area contributed by atoms with E-state index in [9.17, 15) is 0 Å². The average molecular weight is 254 g/mol. The molecule has 1 aromatic rings. The summed E-state index contributed by atoms with van der Waals surface area (Å²) in [5.74, 6) is 0. The molecule has 0 saturated heterocycles. The van der Waals surface area contributed by atoms with E-state index < -0.39 is 0 Å². The number of fused-ring (bicyclic) bond motifs is 1. The second-order valence-corrected chi connectivity index (χ2v) is 4.85. The van der Waals surface area contributed by atoms with Gasteiger partial charge in [0.2, 0.25) is 0 Å². The van der Waals surface area contributed by atoms with Crippen LogP contribution < -0.4 is 5.32 Å². The van der Waals surface area contributed by atoms with E-state index in [1.54, 1.807) is 0 Å². The number of hydrogen-bond donors (Lipinski definition) is 1. The minimum atomic E-state index is 0.546. The Labute approximate surface area is 94.0 Å². The van der Waals surface area contributed by atoms with Gasteiger partial charge < -0.3 is 5.32 Å². The van der Waals surface area contributed by atoms with Crippen LogP contribution in [0.5, 0.6) is 0 Å². The third-order valence-corrected chi connectivity index (χ3v) is 3.51. The van der Waals surface area contributed by atoms with Crippen LogP contribution in [0.1, 0.15) is 36.4 Å². The van der Waals surface area contributed by atoms with Crippen molar-refractivity contribution < 1.29 is 0 Å². The summed E-state index contributed by atoms with van der Waals surface area (Å²) in [7, 11) is 2.06. The van der Waals surface area contributed by atoms with E-state index in [0.29, 0.717) is 6.04 Å². The van der Waals surface area contributed by atoms with Crippen molar-refractivity contribution in [2.75, 3.05) is 7.05 Å². The lowest BCUT2D eigenvalue weighted by Gasteiger charge is -2.16. The van der Waals surface area contributed by atoms with Crippen LogP contribution in [0.2, 0.25) is 0 Å². The van der Waals surface area contributed by atoms with Crippen LogP contribution in [-0.4, -0.2) is 7.05 Å². The van der Waals surface area contributed by atoms with Gasteiger partial charge in [0.05, 0.1) is 0 Å². The second kappa shape index (κ2) is 4.45. The van der Waals surface area contributed by atoms with Gasteiger partial charge in [-0.25, -0.2) is 0 Å². The molecular formula is C12H16BrN. The summed E-state index contributed by atoms with van der Waals surface area (Å²) in [5.41, 5.74) is 3.00. The zero-order chi connectivity index (χ0) is 9.97. The maximum Gasteiger partial charge on any atom is 0.0320 e. The van der Waals surface area contributed by atoms with Crippen molar-refractivity contribution in [1.82, 2.24) is 5.32 Å². The largest absolute Gasteiger partial charge is 0.313 e. The average Bonchev–Trinajstić information content (AvgIpc) is 2.39. The lowest BCUT2D eigenvalue weighted by Crippen LogP contribution is -2.16. The van der Waals surface area contributed by atoms with Crippen molar-refractivity contribution in [3.05, 3.63) is 33.8 Å². The predicted octanol–water partition coefficient (Wildman–Crippen LogP) is 3.44. The summed E-state index contributed by atoms with van der Waals surface area (Å²) in [5, 5.41) is 3.41. The third-order valence-electron chi connectivity index (χ3n) is 3.02. The summed E-state index contributed by atoms with van der Waals surface area (Å²) in [4.78, 5) is 0. The van der Waals surface area contributed by atoms with Gasteiger partial charge in [0.25, 0.3) is 0 Å². The highest BCUT2D eigenvalue weighted by atomic mass is 79.9. The van der Waals surface area contributed by atoms with E-state index in [-0.39, 0.29) is 0 Å². The minimum Gasteiger partial charge on any atom is -0.313 e. The SMILES string of the molecule is CNC1CCCCc2ccc(Br)cc21. The molecule has 1 nitrogen and oxygen atoms in total. The molecule has 0 spiro atoms. The molecule has 0 amide bonds. The van der Waals surface area contributed by atoms with Gasteiger partial charge in [0, 0.05) is 10.5 Å². The molecule has 0 aromatic heterocycles. The molecule has 1 aliphatic carbocycles. The van der Waals surface area contributed by atoms with Gasteiger partial charge in [0.15, 0.2) is 0 Å². The number of hydrogen-bond acceptors (Lipinski definition) is 1. The topological polar surface area (TPSA) is 12.0 Å². The summed E-state index contributed by atoms with van der Waals surface area (Å²) >= 11 is 3.54. The van der Waals surface area contributed by atoms with Crippen LogP contribution in [0.15, 0.2) is 22.7 Å². The number of rotatable bonds is 1. The summed E-state index contributed by atoms with van der Waals surface area (Å²) in [6.45, 7) is 0. The first-order valence-corrected chi connectivity index (χ1v) is 6.06. The Morgan fingerprint density at radius 1 is 1.36 bits per heavy atom. The molecule has 2 heteroatoms. The van der Waals surface area contributed by atoms with Crippen molar-refractivity contribution >= 4 is 15.9 Å². The van der Waals surface area contributed by atoms with Crippen molar-refractivity contribution in [3.8, 4) is 0 Å². The first-order chi connectivity index (χ1) is 6.81. The van der Waals surface area contributed by atoms with E-state index in [1.807, 2.05) is 0 Å². The molecule has 1 aliphatic rings. The highest BCUT2D eigenvalue weighted by Gasteiger charge is 2.16. The van der Waals surface area contributed by atoms with Crippen LogP contribution in [0.3, 0.4) is 0 Å². The zero-order valence-electron chi connectivity index (χ0n) is 8.52. The number of benzene rings is 1. The van der Waals surface area contributed by atoms with Crippen LogP contribution in [0.25, 0.3) is 0 Å². The van der Waals surface area contributed by atoms with Crippen molar-refractivity contribution in [3.63, 3.8) is 0 Å². The van der Waals surface area contributed by atoms with Crippen molar-refractivity contribution in [1.29, 1.82) is 0 Å². The Hall–Kier alpha value is -0.340. The molecule has 1 aromatic carbocycles. The Morgan fingerprint density at radius 3 is 3.00 bits per heavy atom. The molecule has 14 heavy (non-hydrogen) atoms. The van der Waals surface area contributed by atoms with E-state index >= 15 is 0 Å². The van der Waals surface area contributed by atoms with Gasteiger partial charge in [-0.3, -0.25) is 0 Å². The maximum absolute atomic E-state index is 3.54. The van der Waals surface area contributed by atoms with Crippen molar-refractivity contribution in [2.45, 2.75) is 31.7 Å². The highest BCUT2D eigenvalue weighted by molar-refractivity contribution is 9.10. The fraction of sp³-hybridized carbons (Fsp3) is 0.500.